The van der Waals surface area contributed by atoms with Crippen LogP contribution in [-0.2, 0) is 0 Å². The maximum atomic E-state index is 12.8. The Balaban J connectivity index is 2.55. The van der Waals surface area contributed by atoms with Gasteiger partial charge in [-0.05, 0) is 31.0 Å². The predicted octanol–water partition coefficient (Wildman–Crippen LogP) is 3.70. The first-order chi connectivity index (χ1) is 8.13. The number of pyridine rings is 1. The summed E-state index contributed by atoms with van der Waals surface area (Å²) in [4.78, 5) is 4.16. The zero-order chi connectivity index (χ0) is 12.7. The Morgan fingerprint density at radius 1 is 1.29 bits per heavy atom. The van der Waals surface area contributed by atoms with Crippen LogP contribution < -0.4 is 5.32 Å². The molecule has 96 valence electrons. The second-order valence-corrected chi connectivity index (χ2v) is 4.84. The quantitative estimate of drug-likeness (QED) is 0.783. The third-order valence-electron chi connectivity index (χ3n) is 2.83. The predicted molar refractivity (Wildman–Crippen MR) is 69.3 cm³/mol. The molecule has 0 amide bonds. The molecule has 2 nitrogen and oxygen atoms in total. The summed E-state index contributed by atoms with van der Waals surface area (Å²) < 4.78 is 12.8. The van der Waals surface area contributed by atoms with E-state index in [1.165, 1.54) is 25.1 Å². The topological polar surface area (TPSA) is 24.9 Å². The lowest BCUT2D eigenvalue weighted by atomic mass is 10.0. The molecule has 1 heterocycles. The molecule has 17 heavy (non-hydrogen) atoms. The van der Waals surface area contributed by atoms with Crippen molar-refractivity contribution in [1.29, 1.82) is 0 Å². The highest BCUT2D eigenvalue weighted by Crippen LogP contribution is 2.19. The average Bonchev–Trinajstić information content (AvgIpc) is 2.29. The number of halogens is 1. The molecule has 0 aromatic carbocycles. The van der Waals surface area contributed by atoms with Crippen molar-refractivity contribution in [3.8, 4) is 0 Å². The highest BCUT2D eigenvalue weighted by atomic mass is 19.1. The van der Waals surface area contributed by atoms with Gasteiger partial charge in [-0.2, -0.15) is 0 Å². The minimum atomic E-state index is -0.272. The summed E-state index contributed by atoms with van der Waals surface area (Å²) in [5.74, 6) is 0.463. The van der Waals surface area contributed by atoms with Gasteiger partial charge in [-0.25, -0.2) is 4.39 Å². The van der Waals surface area contributed by atoms with Gasteiger partial charge in [0, 0.05) is 6.04 Å². The van der Waals surface area contributed by atoms with E-state index in [2.05, 4.69) is 31.1 Å². The molecule has 3 heteroatoms. The van der Waals surface area contributed by atoms with E-state index in [1.807, 2.05) is 0 Å². The van der Waals surface area contributed by atoms with Gasteiger partial charge >= 0.3 is 0 Å². The van der Waals surface area contributed by atoms with E-state index in [4.69, 9.17) is 0 Å². The molecule has 0 fully saturated rings. The summed E-state index contributed by atoms with van der Waals surface area (Å²) >= 11 is 0. The van der Waals surface area contributed by atoms with Gasteiger partial charge < -0.3 is 5.32 Å². The van der Waals surface area contributed by atoms with Gasteiger partial charge in [0.05, 0.1) is 11.9 Å². The van der Waals surface area contributed by atoms with Crippen LogP contribution in [0, 0.1) is 11.7 Å². The number of aromatic nitrogens is 1. The minimum Gasteiger partial charge on any atom is -0.309 e. The van der Waals surface area contributed by atoms with Gasteiger partial charge in [0.2, 0.25) is 0 Å². The average molecular weight is 238 g/mol. The highest BCUT2D eigenvalue weighted by Gasteiger charge is 2.11. The van der Waals surface area contributed by atoms with Crippen LogP contribution in [0.25, 0.3) is 0 Å². The van der Waals surface area contributed by atoms with Crippen molar-refractivity contribution in [1.82, 2.24) is 10.3 Å². The Morgan fingerprint density at radius 3 is 2.59 bits per heavy atom. The van der Waals surface area contributed by atoms with Gasteiger partial charge in [0.15, 0.2) is 0 Å². The Labute approximate surface area is 104 Å². The Morgan fingerprint density at radius 2 is 2.06 bits per heavy atom. The third kappa shape index (κ3) is 5.26. The fourth-order valence-corrected chi connectivity index (χ4v) is 1.92. The second kappa shape index (κ2) is 7.38. The summed E-state index contributed by atoms with van der Waals surface area (Å²) in [5.41, 5.74) is 0.942. The standard InChI is InChI=1S/C14H23FN2/c1-4-16-13(7-5-6-11(2)3)14-9-8-12(15)10-17-14/h8-11,13,16H,4-7H2,1-3H3. The van der Waals surface area contributed by atoms with E-state index in [-0.39, 0.29) is 11.9 Å². The molecule has 0 aliphatic rings. The van der Waals surface area contributed by atoms with E-state index in [0.717, 1.165) is 24.6 Å². The normalized spacial score (nSPS) is 13.0. The van der Waals surface area contributed by atoms with Gasteiger partial charge in [0.25, 0.3) is 0 Å². The van der Waals surface area contributed by atoms with Crippen molar-refractivity contribution in [2.45, 2.75) is 46.1 Å². The maximum absolute atomic E-state index is 12.8. The lowest BCUT2D eigenvalue weighted by molar-refractivity contribution is 0.447. The zero-order valence-electron chi connectivity index (χ0n) is 11.0. The first-order valence-corrected chi connectivity index (χ1v) is 6.48. The van der Waals surface area contributed by atoms with Crippen LogP contribution in [0.2, 0.25) is 0 Å². The van der Waals surface area contributed by atoms with Gasteiger partial charge in [-0.1, -0.05) is 33.6 Å². The van der Waals surface area contributed by atoms with Crippen molar-refractivity contribution in [3.05, 3.63) is 29.8 Å². The highest BCUT2D eigenvalue weighted by molar-refractivity contribution is 5.09. The summed E-state index contributed by atoms with van der Waals surface area (Å²) in [6.45, 7) is 7.46. The fourth-order valence-electron chi connectivity index (χ4n) is 1.92. The number of hydrogen-bond donors (Lipinski definition) is 1. The molecule has 1 aromatic heterocycles. The van der Waals surface area contributed by atoms with Crippen LogP contribution in [-0.4, -0.2) is 11.5 Å². The van der Waals surface area contributed by atoms with E-state index in [1.54, 1.807) is 6.07 Å². The molecule has 0 aliphatic heterocycles. The largest absolute Gasteiger partial charge is 0.309 e. The number of nitrogens with zero attached hydrogens (tertiary/aromatic N) is 1. The second-order valence-electron chi connectivity index (χ2n) is 4.84. The third-order valence-corrected chi connectivity index (χ3v) is 2.83. The molecule has 1 N–H and O–H groups in total. The van der Waals surface area contributed by atoms with E-state index >= 15 is 0 Å². The Kier molecular flexibility index (Phi) is 6.12. The molecule has 1 unspecified atom stereocenters. The SMILES string of the molecule is CCNC(CCCC(C)C)c1ccc(F)cn1. The summed E-state index contributed by atoms with van der Waals surface area (Å²) in [6, 6.07) is 3.51. The lowest BCUT2D eigenvalue weighted by Gasteiger charge is -2.17. The number of nitrogens with one attached hydrogen (secondary N) is 1. The van der Waals surface area contributed by atoms with E-state index in [0.29, 0.717) is 0 Å². The molecule has 0 bridgehead atoms. The van der Waals surface area contributed by atoms with Gasteiger partial charge in [0.1, 0.15) is 5.82 Å². The fraction of sp³-hybridized carbons (Fsp3) is 0.643. The molecular formula is C14H23FN2. The summed E-state index contributed by atoms with van der Waals surface area (Å²) in [5, 5.41) is 3.41. The van der Waals surface area contributed by atoms with Gasteiger partial charge in [-0.15, -0.1) is 0 Å². The van der Waals surface area contributed by atoms with Crippen molar-refractivity contribution in [2.24, 2.45) is 5.92 Å². The van der Waals surface area contributed by atoms with Crippen molar-refractivity contribution >= 4 is 0 Å². The lowest BCUT2D eigenvalue weighted by Crippen LogP contribution is -2.22. The van der Waals surface area contributed by atoms with Crippen LogP contribution in [0.5, 0.6) is 0 Å². The molecule has 0 saturated carbocycles. The molecule has 1 atom stereocenters. The van der Waals surface area contributed by atoms with Gasteiger partial charge in [-0.3, -0.25) is 4.98 Å². The molecule has 0 radical (unpaired) electrons. The maximum Gasteiger partial charge on any atom is 0.141 e. The Bertz CT molecular complexity index is 309. The van der Waals surface area contributed by atoms with Crippen LogP contribution in [0.1, 0.15) is 51.8 Å². The first kappa shape index (κ1) is 14.1. The number of rotatable bonds is 7. The van der Waals surface area contributed by atoms with Crippen molar-refractivity contribution in [3.63, 3.8) is 0 Å². The first-order valence-electron chi connectivity index (χ1n) is 6.48. The Hall–Kier alpha value is -0.960. The molecule has 0 aliphatic carbocycles. The van der Waals surface area contributed by atoms with Crippen molar-refractivity contribution < 1.29 is 4.39 Å². The minimum absolute atomic E-state index is 0.249. The monoisotopic (exact) mass is 238 g/mol. The summed E-state index contributed by atoms with van der Waals surface area (Å²) in [7, 11) is 0. The molecule has 1 aromatic rings. The molecule has 0 spiro atoms. The number of hydrogen-bond acceptors (Lipinski definition) is 2. The molecule has 1 rings (SSSR count). The van der Waals surface area contributed by atoms with Crippen LogP contribution >= 0.6 is 0 Å². The smallest absolute Gasteiger partial charge is 0.141 e. The van der Waals surface area contributed by atoms with Crippen LogP contribution in [0.15, 0.2) is 18.3 Å². The summed E-state index contributed by atoms with van der Waals surface area (Å²) in [6.07, 6.45) is 4.75. The zero-order valence-corrected chi connectivity index (χ0v) is 11.0. The van der Waals surface area contributed by atoms with Crippen LogP contribution in [0.4, 0.5) is 4.39 Å². The van der Waals surface area contributed by atoms with E-state index in [9.17, 15) is 4.39 Å². The van der Waals surface area contributed by atoms with E-state index < -0.39 is 0 Å². The molecular weight excluding hydrogens is 215 g/mol. The van der Waals surface area contributed by atoms with Crippen molar-refractivity contribution in [2.75, 3.05) is 6.54 Å². The molecule has 0 saturated heterocycles. The van der Waals surface area contributed by atoms with Crippen LogP contribution in [0.3, 0.4) is 0 Å².